The number of nitrogen functional groups attached to an aromatic ring is 1. The number of nitrogens with two attached hydrogens (primary N) is 1. The van der Waals surface area contributed by atoms with Crippen LogP contribution in [0.5, 0.6) is 5.75 Å². The molecule has 0 saturated heterocycles. The number of aromatic hydroxyl groups is 1. The third-order valence-electron chi connectivity index (χ3n) is 4.17. The van der Waals surface area contributed by atoms with Gasteiger partial charge in [-0.15, -0.1) is 0 Å². The molecule has 0 saturated carbocycles. The number of anilines is 1. The maximum absolute atomic E-state index is 12.6. The van der Waals surface area contributed by atoms with Crippen LogP contribution < -0.4 is 17.0 Å². The van der Waals surface area contributed by atoms with Crippen LogP contribution in [0.25, 0.3) is 0 Å². The van der Waals surface area contributed by atoms with Gasteiger partial charge in [-0.25, -0.2) is 9.59 Å². The minimum atomic E-state index is -0.939. The Morgan fingerprint density at radius 1 is 1.28 bits per heavy atom. The second kappa shape index (κ2) is 8.64. The topological polar surface area (TPSA) is 134 Å². The molecular weight excluding hydrogens is 446 g/mol. The van der Waals surface area contributed by atoms with E-state index in [1.807, 2.05) is 13.8 Å². The molecule has 0 radical (unpaired) electrons. The fourth-order valence-corrected chi connectivity index (χ4v) is 3.33. The minimum Gasteiger partial charge on any atom is -0.506 e. The van der Waals surface area contributed by atoms with Crippen LogP contribution in [0.1, 0.15) is 40.1 Å². The molecule has 3 N–H and O–H groups in total. The first-order valence-electron chi connectivity index (χ1n) is 8.74. The van der Waals surface area contributed by atoms with Crippen molar-refractivity contribution in [3.63, 3.8) is 0 Å². The van der Waals surface area contributed by atoms with Crippen molar-refractivity contribution in [2.75, 3.05) is 12.3 Å². The normalized spacial score (nSPS) is 11.0. The van der Waals surface area contributed by atoms with E-state index in [-0.39, 0.29) is 29.6 Å². The Morgan fingerprint density at radius 2 is 1.90 bits per heavy atom. The summed E-state index contributed by atoms with van der Waals surface area (Å²) in [5, 5.41) is 10.0. The molecular formula is C19H22BrN3O6. The van der Waals surface area contributed by atoms with Crippen molar-refractivity contribution in [3.05, 3.63) is 54.1 Å². The molecule has 0 spiro atoms. The third-order valence-corrected chi connectivity index (χ3v) is 4.78. The van der Waals surface area contributed by atoms with Crippen molar-refractivity contribution in [1.29, 1.82) is 0 Å². The van der Waals surface area contributed by atoms with E-state index in [2.05, 4.69) is 15.9 Å². The Morgan fingerprint density at radius 3 is 2.48 bits per heavy atom. The number of aromatic nitrogens is 2. The van der Waals surface area contributed by atoms with E-state index in [0.717, 1.165) is 9.13 Å². The number of carbonyl (C=O) groups excluding carboxylic acids is 2. The molecule has 10 heteroatoms. The fourth-order valence-electron chi connectivity index (χ4n) is 2.76. The lowest BCUT2D eigenvalue weighted by molar-refractivity contribution is 0.0471. The highest BCUT2D eigenvalue weighted by atomic mass is 79.9. The van der Waals surface area contributed by atoms with Gasteiger partial charge in [0.05, 0.1) is 4.47 Å². The standard InChI is InChI=1S/C19H22BrN3O6/c1-9(2)7-23-16(21)14(17(26)22(4)19(23)28)13(24)8-29-18(27)11-5-10(3)6-12(20)15(11)25/h5-6,9,25H,7-8,21H2,1-4H3. The number of carbonyl (C=O) groups is 2. The molecule has 1 aromatic carbocycles. The van der Waals surface area contributed by atoms with Gasteiger partial charge >= 0.3 is 11.7 Å². The number of rotatable bonds is 6. The lowest BCUT2D eigenvalue weighted by atomic mass is 10.1. The highest BCUT2D eigenvalue weighted by Crippen LogP contribution is 2.29. The molecule has 0 bridgehead atoms. The highest BCUT2D eigenvalue weighted by molar-refractivity contribution is 9.10. The van der Waals surface area contributed by atoms with Crippen molar-refractivity contribution in [3.8, 4) is 5.75 Å². The fraction of sp³-hybridized carbons (Fsp3) is 0.368. The molecule has 156 valence electrons. The van der Waals surface area contributed by atoms with E-state index in [9.17, 15) is 24.3 Å². The molecule has 0 aliphatic rings. The number of aryl methyl sites for hydroxylation is 1. The third kappa shape index (κ3) is 4.58. The predicted molar refractivity (Wildman–Crippen MR) is 110 cm³/mol. The first kappa shape index (κ1) is 22.4. The molecule has 1 aromatic heterocycles. The maximum Gasteiger partial charge on any atom is 0.342 e. The van der Waals surface area contributed by atoms with Gasteiger partial charge in [-0.2, -0.15) is 0 Å². The summed E-state index contributed by atoms with van der Waals surface area (Å²) in [5.74, 6) is -2.34. The Kier molecular flexibility index (Phi) is 6.68. The van der Waals surface area contributed by atoms with Gasteiger partial charge in [0.15, 0.2) is 6.61 Å². The van der Waals surface area contributed by atoms with Gasteiger partial charge < -0.3 is 15.6 Å². The summed E-state index contributed by atoms with van der Waals surface area (Å²) >= 11 is 3.13. The van der Waals surface area contributed by atoms with E-state index < -0.39 is 35.2 Å². The van der Waals surface area contributed by atoms with Crippen molar-refractivity contribution >= 4 is 33.5 Å². The number of halogens is 1. The Bertz CT molecular complexity index is 1100. The number of phenols is 1. The number of phenolic OH excluding ortho intramolecular Hbond substituents is 1. The van der Waals surface area contributed by atoms with Crippen molar-refractivity contribution in [2.24, 2.45) is 13.0 Å². The van der Waals surface area contributed by atoms with Crippen LogP contribution in [0.3, 0.4) is 0 Å². The summed E-state index contributed by atoms with van der Waals surface area (Å²) in [6.07, 6.45) is 0. The van der Waals surface area contributed by atoms with Gasteiger partial charge in [-0.05, 0) is 46.5 Å². The van der Waals surface area contributed by atoms with E-state index in [4.69, 9.17) is 10.5 Å². The average molecular weight is 468 g/mol. The van der Waals surface area contributed by atoms with Gasteiger partial charge in [-0.1, -0.05) is 13.8 Å². The zero-order chi connectivity index (χ0) is 22.0. The van der Waals surface area contributed by atoms with E-state index in [1.165, 1.54) is 13.1 Å². The van der Waals surface area contributed by atoms with Crippen molar-refractivity contribution in [2.45, 2.75) is 27.3 Å². The number of ether oxygens (including phenoxy) is 1. The maximum atomic E-state index is 12.6. The molecule has 0 amide bonds. The molecule has 29 heavy (non-hydrogen) atoms. The molecule has 0 fully saturated rings. The van der Waals surface area contributed by atoms with Crippen LogP contribution in [0, 0.1) is 12.8 Å². The summed E-state index contributed by atoms with van der Waals surface area (Å²) in [7, 11) is 1.24. The SMILES string of the molecule is Cc1cc(Br)c(O)c(C(=O)OCC(=O)c2c(N)n(CC(C)C)c(=O)n(C)c2=O)c1. The number of hydrogen-bond acceptors (Lipinski definition) is 7. The number of hydrogen-bond donors (Lipinski definition) is 2. The zero-order valence-electron chi connectivity index (χ0n) is 16.5. The monoisotopic (exact) mass is 467 g/mol. The Balaban J connectivity index is 2.35. The first-order chi connectivity index (χ1) is 13.5. The molecule has 9 nitrogen and oxygen atoms in total. The van der Waals surface area contributed by atoms with Crippen LogP contribution >= 0.6 is 15.9 Å². The largest absolute Gasteiger partial charge is 0.506 e. The molecule has 0 atom stereocenters. The second-order valence-electron chi connectivity index (χ2n) is 7.05. The molecule has 0 aliphatic carbocycles. The van der Waals surface area contributed by atoms with E-state index >= 15 is 0 Å². The van der Waals surface area contributed by atoms with Gasteiger partial charge in [-0.3, -0.25) is 18.7 Å². The van der Waals surface area contributed by atoms with Gasteiger partial charge in [0.1, 0.15) is 22.7 Å². The van der Waals surface area contributed by atoms with Gasteiger partial charge in [0.2, 0.25) is 5.78 Å². The second-order valence-corrected chi connectivity index (χ2v) is 7.91. The summed E-state index contributed by atoms with van der Waals surface area (Å²) < 4.78 is 7.21. The quantitative estimate of drug-likeness (QED) is 0.486. The Labute approximate surface area is 174 Å². The lowest BCUT2D eigenvalue weighted by Gasteiger charge is -2.16. The number of esters is 1. The van der Waals surface area contributed by atoms with Crippen LogP contribution in [0.15, 0.2) is 26.2 Å². The summed E-state index contributed by atoms with van der Waals surface area (Å²) in [6, 6.07) is 3.02. The number of benzene rings is 1. The van der Waals surface area contributed by atoms with Crippen LogP contribution in [-0.4, -0.2) is 32.6 Å². The summed E-state index contributed by atoms with van der Waals surface area (Å²) in [5.41, 5.74) is 4.56. The van der Waals surface area contributed by atoms with Gasteiger partial charge in [0.25, 0.3) is 5.56 Å². The molecule has 0 unspecified atom stereocenters. The average Bonchev–Trinajstić information content (AvgIpc) is 2.64. The van der Waals surface area contributed by atoms with Crippen molar-refractivity contribution < 1.29 is 19.4 Å². The summed E-state index contributed by atoms with van der Waals surface area (Å²) in [4.78, 5) is 49.6. The van der Waals surface area contributed by atoms with Crippen LogP contribution in [-0.2, 0) is 18.3 Å². The van der Waals surface area contributed by atoms with E-state index in [1.54, 1.807) is 13.0 Å². The minimum absolute atomic E-state index is 0.0380. The number of Topliss-reactive ketones (excluding diaryl/α,β-unsaturated/α-hetero) is 1. The zero-order valence-corrected chi connectivity index (χ0v) is 18.1. The molecule has 2 rings (SSSR count). The predicted octanol–water partition coefficient (Wildman–Crippen LogP) is 1.60. The molecule has 2 aromatic rings. The van der Waals surface area contributed by atoms with Crippen LogP contribution in [0.2, 0.25) is 0 Å². The molecule has 1 heterocycles. The first-order valence-corrected chi connectivity index (χ1v) is 9.53. The summed E-state index contributed by atoms with van der Waals surface area (Å²) in [6.45, 7) is 4.86. The molecule has 0 aliphatic heterocycles. The highest BCUT2D eigenvalue weighted by Gasteiger charge is 2.24. The number of nitrogens with zero attached hydrogens (tertiary/aromatic N) is 2. The number of ketones is 1. The Hall–Kier alpha value is -2.88. The van der Waals surface area contributed by atoms with Crippen LogP contribution in [0.4, 0.5) is 5.82 Å². The smallest absolute Gasteiger partial charge is 0.342 e. The lowest BCUT2D eigenvalue weighted by Crippen LogP contribution is -2.43. The van der Waals surface area contributed by atoms with E-state index in [0.29, 0.717) is 10.0 Å². The van der Waals surface area contributed by atoms with Crippen molar-refractivity contribution in [1.82, 2.24) is 9.13 Å². The van der Waals surface area contributed by atoms with Gasteiger partial charge in [0, 0.05) is 13.6 Å².